The maximum Gasteiger partial charge on any atom is 0.0825 e. The van der Waals surface area contributed by atoms with Crippen LogP contribution in [0.25, 0.3) is 10.9 Å². The molecule has 0 amide bonds. The van der Waals surface area contributed by atoms with E-state index in [1.54, 1.807) is 0 Å². The molecule has 21 heavy (non-hydrogen) atoms. The molecule has 0 bridgehead atoms. The fraction of sp³-hybridized carbons (Fsp3) is 0.353. The van der Waals surface area contributed by atoms with Crippen LogP contribution in [0.1, 0.15) is 41.5 Å². The van der Waals surface area contributed by atoms with Crippen molar-refractivity contribution in [1.29, 1.82) is 0 Å². The van der Waals surface area contributed by atoms with Gasteiger partial charge in [-0.1, -0.05) is 18.2 Å². The Labute approximate surface area is 124 Å². The Morgan fingerprint density at radius 1 is 1.24 bits per heavy atom. The van der Waals surface area contributed by atoms with Crippen LogP contribution >= 0.6 is 0 Å². The van der Waals surface area contributed by atoms with Crippen LogP contribution in [-0.2, 0) is 6.42 Å². The molecule has 2 aromatic heterocycles. The molecular formula is C17H20N4. The SMILES string of the molecule is Cc1n[nH]c(C)c1NC1CCCc2c1[nH]c1ccccc21. The van der Waals surface area contributed by atoms with E-state index in [4.69, 9.17) is 0 Å². The lowest BCUT2D eigenvalue weighted by Gasteiger charge is -2.25. The number of aromatic amines is 2. The Kier molecular flexibility index (Phi) is 2.77. The van der Waals surface area contributed by atoms with E-state index in [-0.39, 0.29) is 0 Å². The van der Waals surface area contributed by atoms with Crippen molar-refractivity contribution in [3.8, 4) is 0 Å². The molecule has 0 radical (unpaired) electrons. The number of fused-ring (bicyclic) bond motifs is 3. The van der Waals surface area contributed by atoms with Gasteiger partial charge in [0.15, 0.2) is 0 Å². The van der Waals surface area contributed by atoms with E-state index in [1.807, 2.05) is 6.92 Å². The van der Waals surface area contributed by atoms with Gasteiger partial charge in [-0.2, -0.15) is 5.10 Å². The first-order valence-electron chi connectivity index (χ1n) is 7.61. The van der Waals surface area contributed by atoms with Crippen molar-refractivity contribution in [2.24, 2.45) is 0 Å². The van der Waals surface area contributed by atoms with E-state index in [0.29, 0.717) is 6.04 Å². The summed E-state index contributed by atoms with van der Waals surface area (Å²) in [6.45, 7) is 4.11. The lowest BCUT2D eigenvalue weighted by molar-refractivity contribution is 0.592. The van der Waals surface area contributed by atoms with Crippen LogP contribution in [0.4, 0.5) is 5.69 Å². The second-order valence-corrected chi connectivity index (χ2v) is 5.96. The molecule has 3 N–H and O–H groups in total. The van der Waals surface area contributed by atoms with Crippen LogP contribution < -0.4 is 5.32 Å². The minimum absolute atomic E-state index is 0.344. The molecule has 108 valence electrons. The van der Waals surface area contributed by atoms with Crippen LogP contribution in [0.2, 0.25) is 0 Å². The first-order valence-corrected chi connectivity index (χ1v) is 7.61. The molecule has 1 aromatic carbocycles. The lowest BCUT2D eigenvalue weighted by atomic mass is 9.91. The predicted molar refractivity (Wildman–Crippen MR) is 85.7 cm³/mol. The van der Waals surface area contributed by atoms with E-state index >= 15 is 0 Å². The highest BCUT2D eigenvalue weighted by Crippen LogP contribution is 2.37. The number of nitrogens with zero attached hydrogens (tertiary/aromatic N) is 1. The molecule has 0 aliphatic heterocycles. The van der Waals surface area contributed by atoms with Crippen molar-refractivity contribution in [2.75, 3.05) is 5.32 Å². The molecule has 4 nitrogen and oxygen atoms in total. The smallest absolute Gasteiger partial charge is 0.0825 e. The van der Waals surface area contributed by atoms with E-state index < -0.39 is 0 Å². The maximum atomic E-state index is 4.28. The normalized spacial score (nSPS) is 17.9. The van der Waals surface area contributed by atoms with Crippen LogP contribution in [0.3, 0.4) is 0 Å². The Hall–Kier alpha value is -2.23. The third-order valence-corrected chi connectivity index (χ3v) is 4.56. The number of H-pyrrole nitrogens is 2. The van der Waals surface area contributed by atoms with Gasteiger partial charge in [-0.25, -0.2) is 0 Å². The van der Waals surface area contributed by atoms with E-state index in [1.165, 1.54) is 35.0 Å². The van der Waals surface area contributed by atoms with Crippen molar-refractivity contribution >= 4 is 16.6 Å². The third-order valence-electron chi connectivity index (χ3n) is 4.56. The van der Waals surface area contributed by atoms with Crippen molar-refractivity contribution < 1.29 is 0 Å². The maximum absolute atomic E-state index is 4.28. The van der Waals surface area contributed by atoms with Gasteiger partial charge in [0.25, 0.3) is 0 Å². The largest absolute Gasteiger partial charge is 0.374 e. The van der Waals surface area contributed by atoms with E-state index in [0.717, 1.165) is 23.5 Å². The van der Waals surface area contributed by atoms with Crippen LogP contribution in [-0.4, -0.2) is 15.2 Å². The van der Waals surface area contributed by atoms with Gasteiger partial charge < -0.3 is 10.3 Å². The summed E-state index contributed by atoms with van der Waals surface area (Å²) in [6, 6.07) is 8.95. The van der Waals surface area contributed by atoms with Crippen LogP contribution in [0.5, 0.6) is 0 Å². The van der Waals surface area contributed by atoms with Gasteiger partial charge in [0, 0.05) is 16.6 Å². The van der Waals surface area contributed by atoms with Crippen LogP contribution in [0.15, 0.2) is 24.3 Å². The first kappa shape index (κ1) is 12.5. The minimum Gasteiger partial charge on any atom is -0.374 e. The average molecular weight is 280 g/mol. The molecular weight excluding hydrogens is 260 g/mol. The van der Waals surface area contributed by atoms with Gasteiger partial charge in [-0.3, -0.25) is 5.10 Å². The summed E-state index contributed by atoms with van der Waals surface area (Å²) in [5.74, 6) is 0. The number of hydrogen-bond acceptors (Lipinski definition) is 2. The van der Waals surface area contributed by atoms with Gasteiger partial charge in [0.2, 0.25) is 0 Å². The Morgan fingerprint density at radius 2 is 2.10 bits per heavy atom. The van der Waals surface area contributed by atoms with E-state index in [9.17, 15) is 0 Å². The summed E-state index contributed by atoms with van der Waals surface area (Å²) in [4.78, 5) is 3.62. The number of nitrogens with one attached hydrogen (secondary N) is 3. The fourth-order valence-corrected chi connectivity index (χ4v) is 3.50. The number of rotatable bonds is 2. The summed E-state index contributed by atoms with van der Waals surface area (Å²) < 4.78 is 0. The third kappa shape index (κ3) is 1.94. The molecule has 1 aliphatic rings. The standard InChI is InChI=1S/C17H20N4/c1-10-16(11(2)21-20-10)19-15-9-5-7-13-12-6-3-4-8-14(12)18-17(13)15/h3-4,6,8,15,18-19H,5,7,9H2,1-2H3,(H,20,21). The number of para-hydroxylation sites is 1. The highest BCUT2D eigenvalue weighted by atomic mass is 15.2. The number of aromatic nitrogens is 3. The molecule has 1 unspecified atom stereocenters. The Balaban J connectivity index is 1.77. The topological polar surface area (TPSA) is 56.5 Å². The average Bonchev–Trinajstić information content (AvgIpc) is 3.03. The van der Waals surface area contributed by atoms with Gasteiger partial charge in [0.1, 0.15) is 0 Å². The van der Waals surface area contributed by atoms with Gasteiger partial charge in [-0.05, 0) is 44.7 Å². The molecule has 0 fully saturated rings. The van der Waals surface area contributed by atoms with Crippen molar-refractivity contribution in [3.05, 3.63) is 46.9 Å². The lowest BCUT2D eigenvalue weighted by Crippen LogP contribution is -2.17. The van der Waals surface area contributed by atoms with Gasteiger partial charge in [0.05, 0.1) is 23.1 Å². The van der Waals surface area contributed by atoms with Gasteiger partial charge >= 0.3 is 0 Å². The number of benzene rings is 1. The highest BCUT2D eigenvalue weighted by molar-refractivity contribution is 5.85. The van der Waals surface area contributed by atoms with Crippen molar-refractivity contribution in [1.82, 2.24) is 15.2 Å². The predicted octanol–water partition coefficient (Wildman–Crippen LogP) is 4.00. The van der Waals surface area contributed by atoms with Crippen molar-refractivity contribution in [2.45, 2.75) is 39.2 Å². The summed E-state index contributed by atoms with van der Waals surface area (Å²) in [7, 11) is 0. The fourth-order valence-electron chi connectivity index (χ4n) is 3.50. The highest BCUT2D eigenvalue weighted by Gasteiger charge is 2.25. The van der Waals surface area contributed by atoms with E-state index in [2.05, 4.69) is 51.7 Å². The molecule has 2 heterocycles. The second-order valence-electron chi connectivity index (χ2n) is 5.96. The Morgan fingerprint density at radius 3 is 2.90 bits per heavy atom. The zero-order valence-electron chi connectivity index (χ0n) is 12.5. The van der Waals surface area contributed by atoms with Crippen LogP contribution in [0, 0.1) is 13.8 Å². The number of anilines is 1. The van der Waals surface area contributed by atoms with Gasteiger partial charge in [-0.15, -0.1) is 0 Å². The second kappa shape index (κ2) is 4.65. The molecule has 4 rings (SSSR count). The minimum atomic E-state index is 0.344. The summed E-state index contributed by atoms with van der Waals surface area (Å²) >= 11 is 0. The quantitative estimate of drug-likeness (QED) is 0.664. The molecule has 1 aliphatic carbocycles. The summed E-state index contributed by atoms with van der Waals surface area (Å²) in [5.41, 5.74) is 7.37. The Bertz CT molecular complexity index is 777. The summed E-state index contributed by atoms with van der Waals surface area (Å²) in [6.07, 6.45) is 3.55. The molecule has 4 heteroatoms. The first-order chi connectivity index (χ1) is 10.2. The molecule has 0 spiro atoms. The molecule has 1 atom stereocenters. The zero-order chi connectivity index (χ0) is 14.4. The molecule has 0 saturated carbocycles. The molecule has 0 saturated heterocycles. The zero-order valence-corrected chi connectivity index (χ0v) is 12.5. The number of hydrogen-bond donors (Lipinski definition) is 3. The van der Waals surface area contributed by atoms with Crippen molar-refractivity contribution in [3.63, 3.8) is 0 Å². The monoisotopic (exact) mass is 280 g/mol. The number of aryl methyl sites for hydroxylation is 3. The summed E-state index contributed by atoms with van der Waals surface area (Å²) in [5, 5.41) is 12.4. The molecule has 3 aromatic rings.